The highest BCUT2D eigenvalue weighted by Gasteiger charge is 2.62. The molecule has 0 saturated carbocycles. The smallest absolute Gasteiger partial charge is 0.326 e. The van der Waals surface area contributed by atoms with Gasteiger partial charge in [0.25, 0.3) is 10.0 Å². The molecule has 9 heteroatoms. The lowest BCUT2D eigenvalue weighted by Crippen LogP contribution is -2.44. The van der Waals surface area contributed by atoms with Crippen LogP contribution in [0.2, 0.25) is 0 Å². The number of carbonyl (C=O) groups is 2. The zero-order chi connectivity index (χ0) is 24.7. The average molecular weight is 484 g/mol. The van der Waals surface area contributed by atoms with Gasteiger partial charge in [-0.3, -0.25) is 9.59 Å². The van der Waals surface area contributed by atoms with Crippen LogP contribution in [0.25, 0.3) is 10.9 Å². The van der Waals surface area contributed by atoms with Gasteiger partial charge in [0.05, 0.1) is 36.4 Å². The second-order valence-corrected chi connectivity index (χ2v) is 9.95. The van der Waals surface area contributed by atoms with Crippen molar-refractivity contribution in [1.82, 2.24) is 3.97 Å². The highest BCUT2D eigenvalue weighted by Crippen LogP contribution is 2.51. The van der Waals surface area contributed by atoms with Crippen LogP contribution >= 0.6 is 0 Å². The second kappa shape index (κ2) is 8.73. The number of fused-ring (bicyclic) bond motifs is 1. The van der Waals surface area contributed by atoms with Crippen LogP contribution < -0.4 is 0 Å². The first kappa shape index (κ1) is 23.7. The maximum Gasteiger partial charge on any atom is 0.326 e. The number of esters is 2. The summed E-state index contributed by atoms with van der Waals surface area (Å²) in [6.07, 6.45) is -0.658. The largest absolute Gasteiger partial charge is 0.468 e. The maximum atomic E-state index is 13.9. The van der Waals surface area contributed by atoms with Crippen LogP contribution in [0.4, 0.5) is 0 Å². The minimum Gasteiger partial charge on any atom is -0.468 e. The van der Waals surface area contributed by atoms with Gasteiger partial charge in [-0.25, -0.2) is 12.4 Å². The van der Waals surface area contributed by atoms with Gasteiger partial charge in [0.15, 0.2) is 5.41 Å². The standard InChI is InChI=1S/C25H25NO7S/c1-5-18-15-25(23(27)31-3,24(28)32-4)22(33-18)21-14-17-8-6-7-9-20(17)26(21)34(29,30)19-12-10-16(2)11-13-19/h5-14,18,22H,1,15H2,2-4H3/t18-,22+/m0/s1. The third-order valence-electron chi connectivity index (χ3n) is 6.17. The van der Waals surface area contributed by atoms with Crippen LogP contribution in [0.1, 0.15) is 23.8 Å². The number of hydrogen-bond acceptors (Lipinski definition) is 7. The number of benzene rings is 2. The fraction of sp³-hybridized carbons (Fsp3) is 0.280. The summed E-state index contributed by atoms with van der Waals surface area (Å²) >= 11 is 0. The summed E-state index contributed by atoms with van der Waals surface area (Å²) in [5.41, 5.74) is -0.522. The molecule has 0 N–H and O–H groups in total. The van der Waals surface area contributed by atoms with Crippen LogP contribution in [-0.4, -0.2) is 44.7 Å². The quantitative estimate of drug-likeness (QED) is 0.300. The lowest BCUT2D eigenvalue weighted by atomic mass is 9.78. The lowest BCUT2D eigenvalue weighted by Gasteiger charge is -2.29. The highest BCUT2D eigenvalue weighted by molar-refractivity contribution is 7.90. The number of ether oxygens (including phenoxy) is 3. The Kier molecular flexibility index (Phi) is 6.09. The van der Waals surface area contributed by atoms with Gasteiger partial charge >= 0.3 is 11.9 Å². The van der Waals surface area contributed by atoms with E-state index in [1.54, 1.807) is 42.5 Å². The van der Waals surface area contributed by atoms with Gasteiger partial charge in [0.1, 0.15) is 6.10 Å². The van der Waals surface area contributed by atoms with Crippen LogP contribution in [-0.2, 0) is 33.8 Å². The molecule has 3 aromatic rings. The molecule has 0 aliphatic carbocycles. The summed E-state index contributed by atoms with van der Waals surface area (Å²) < 4.78 is 45.0. The van der Waals surface area contributed by atoms with E-state index in [1.807, 2.05) is 6.92 Å². The molecule has 2 heterocycles. The van der Waals surface area contributed by atoms with E-state index in [2.05, 4.69) is 6.58 Å². The number of aryl methyl sites for hydroxylation is 1. The van der Waals surface area contributed by atoms with Crippen LogP contribution in [0.3, 0.4) is 0 Å². The van der Waals surface area contributed by atoms with Crippen molar-refractivity contribution in [2.24, 2.45) is 5.41 Å². The van der Waals surface area contributed by atoms with Crippen molar-refractivity contribution in [3.05, 3.63) is 78.5 Å². The number of methoxy groups -OCH3 is 2. The Hall–Kier alpha value is -3.43. The molecule has 2 atom stereocenters. The van der Waals surface area contributed by atoms with Gasteiger partial charge in [-0.15, -0.1) is 6.58 Å². The number of para-hydroxylation sites is 1. The predicted octanol–water partition coefficient (Wildman–Crippen LogP) is 3.54. The molecule has 1 aliphatic heterocycles. The molecule has 1 aliphatic rings. The minimum absolute atomic E-state index is 0.0562. The van der Waals surface area contributed by atoms with E-state index in [9.17, 15) is 18.0 Å². The molecule has 0 amide bonds. The number of hydrogen-bond donors (Lipinski definition) is 0. The summed E-state index contributed by atoms with van der Waals surface area (Å²) in [6.45, 7) is 5.58. The normalized spacial score (nSPS) is 19.6. The fourth-order valence-corrected chi connectivity index (χ4v) is 6.01. The van der Waals surface area contributed by atoms with E-state index in [1.165, 1.54) is 18.2 Å². The van der Waals surface area contributed by atoms with Gasteiger partial charge in [-0.1, -0.05) is 42.0 Å². The zero-order valence-corrected chi connectivity index (χ0v) is 19.9. The summed E-state index contributed by atoms with van der Waals surface area (Å²) in [6, 6.07) is 14.9. The molecule has 34 heavy (non-hydrogen) atoms. The first-order valence-electron chi connectivity index (χ1n) is 10.6. The molecule has 1 saturated heterocycles. The van der Waals surface area contributed by atoms with E-state index in [0.29, 0.717) is 10.9 Å². The average Bonchev–Trinajstić information content (AvgIpc) is 3.43. The van der Waals surface area contributed by atoms with Crippen molar-refractivity contribution in [3.8, 4) is 0 Å². The molecule has 1 fully saturated rings. The Morgan fingerprint density at radius 1 is 1.09 bits per heavy atom. The van der Waals surface area contributed by atoms with Crippen molar-refractivity contribution in [3.63, 3.8) is 0 Å². The van der Waals surface area contributed by atoms with Gasteiger partial charge < -0.3 is 14.2 Å². The van der Waals surface area contributed by atoms with Gasteiger partial charge in [-0.05, 0) is 31.2 Å². The van der Waals surface area contributed by atoms with Crippen LogP contribution in [0, 0.1) is 12.3 Å². The topological polar surface area (TPSA) is 101 Å². The molecule has 4 rings (SSSR count). The summed E-state index contributed by atoms with van der Waals surface area (Å²) in [4.78, 5) is 26.2. The first-order chi connectivity index (χ1) is 16.2. The van der Waals surface area contributed by atoms with Crippen molar-refractivity contribution < 1.29 is 32.2 Å². The third-order valence-corrected chi connectivity index (χ3v) is 7.92. The van der Waals surface area contributed by atoms with Crippen LogP contribution in [0.15, 0.2) is 72.1 Å². The third kappa shape index (κ3) is 3.52. The van der Waals surface area contributed by atoms with Crippen LogP contribution in [0.5, 0.6) is 0 Å². The lowest BCUT2D eigenvalue weighted by molar-refractivity contribution is -0.174. The molecule has 1 aromatic heterocycles. The highest BCUT2D eigenvalue weighted by atomic mass is 32.2. The zero-order valence-electron chi connectivity index (χ0n) is 19.1. The number of aromatic nitrogens is 1. The molecule has 178 valence electrons. The molecule has 8 nitrogen and oxygen atoms in total. The Morgan fingerprint density at radius 2 is 1.71 bits per heavy atom. The van der Waals surface area contributed by atoms with Crippen molar-refractivity contribution in [2.75, 3.05) is 14.2 Å². The van der Waals surface area contributed by atoms with Gasteiger partial charge in [-0.2, -0.15) is 0 Å². The second-order valence-electron chi connectivity index (χ2n) is 8.16. The van der Waals surface area contributed by atoms with Crippen molar-refractivity contribution in [1.29, 1.82) is 0 Å². The van der Waals surface area contributed by atoms with Crippen molar-refractivity contribution >= 4 is 32.9 Å². The summed E-state index contributed by atoms with van der Waals surface area (Å²) in [5, 5.41) is 0.600. The molecule has 0 radical (unpaired) electrons. The number of nitrogens with zero attached hydrogens (tertiary/aromatic N) is 1. The number of carbonyl (C=O) groups excluding carboxylic acids is 2. The monoisotopic (exact) mass is 483 g/mol. The summed E-state index contributed by atoms with van der Waals surface area (Å²) in [5.74, 6) is -1.75. The van der Waals surface area contributed by atoms with E-state index in [4.69, 9.17) is 14.2 Å². The van der Waals surface area contributed by atoms with E-state index < -0.39 is 39.6 Å². The Labute approximate surface area is 197 Å². The molecular weight excluding hydrogens is 458 g/mol. The molecule has 2 aromatic carbocycles. The number of rotatable bonds is 6. The maximum absolute atomic E-state index is 13.9. The van der Waals surface area contributed by atoms with E-state index in [0.717, 1.165) is 23.8 Å². The van der Waals surface area contributed by atoms with Gasteiger partial charge in [0, 0.05) is 11.8 Å². The molecule has 0 unspecified atom stereocenters. The molecule has 0 spiro atoms. The van der Waals surface area contributed by atoms with Gasteiger partial charge in [0.2, 0.25) is 0 Å². The Balaban J connectivity index is 2.04. The van der Waals surface area contributed by atoms with Crippen molar-refractivity contribution in [2.45, 2.75) is 30.4 Å². The SMILES string of the molecule is C=C[C@H]1CC(C(=O)OC)(C(=O)OC)[C@@H](c2cc3ccccc3n2S(=O)(=O)c2ccc(C)cc2)O1. The Morgan fingerprint density at radius 3 is 2.29 bits per heavy atom. The fourth-order valence-electron chi connectivity index (χ4n) is 4.47. The molecular formula is C25H25NO7S. The Bertz CT molecular complexity index is 1360. The summed E-state index contributed by atoms with van der Waals surface area (Å²) in [7, 11) is -1.83. The minimum atomic E-state index is -4.14. The molecule has 0 bridgehead atoms. The van der Waals surface area contributed by atoms with E-state index in [-0.39, 0.29) is 17.0 Å². The van der Waals surface area contributed by atoms with E-state index >= 15 is 0 Å². The first-order valence-corrected chi connectivity index (χ1v) is 12.0. The predicted molar refractivity (Wildman–Crippen MR) is 125 cm³/mol.